The van der Waals surface area contributed by atoms with Gasteiger partial charge < -0.3 is 10.6 Å². The summed E-state index contributed by atoms with van der Waals surface area (Å²) in [7, 11) is 0. The second-order valence-corrected chi connectivity index (χ2v) is 4.96. The number of rotatable bonds is 4. The van der Waals surface area contributed by atoms with Gasteiger partial charge in [0.2, 0.25) is 5.91 Å². The van der Waals surface area contributed by atoms with E-state index >= 15 is 0 Å². The van der Waals surface area contributed by atoms with E-state index in [-0.39, 0.29) is 5.91 Å². The number of carbonyl (C=O) groups excluding carboxylic acids is 1. The van der Waals surface area contributed by atoms with E-state index in [0.29, 0.717) is 12.3 Å². The molecule has 0 spiro atoms. The number of aromatic nitrogens is 1. The quantitative estimate of drug-likeness (QED) is 0.836. The standard InChI is InChI=1S/C14H21N3O/c1-11-4-2-7-16-13(11)8-14(18)17-10-12-5-3-6-15-9-12/h2,4,7,12,15H,3,5-6,8-10H2,1H3,(H,17,18). The first-order chi connectivity index (χ1) is 8.75. The molecule has 1 aromatic heterocycles. The third-order valence-corrected chi connectivity index (χ3v) is 3.43. The van der Waals surface area contributed by atoms with Gasteiger partial charge in [-0.2, -0.15) is 0 Å². The molecule has 0 aliphatic carbocycles. The Bertz CT molecular complexity index is 400. The number of aryl methyl sites for hydroxylation is 1. The van der Waals surface area contributed by atoms with E-state index in [4.69, 9.17) is 0 Å². The molecule has 1 aromatic rings. The molecule has 2 rings (SSSR count). The minimum Gasteiger partial charge on any atom is -0.355 e. The monoisotopic (exact) mass is 247 g/mol. The van der Waals surface area contributed by atoms with Crippen LogP contribution in [0.25, 0.3) is 0 Å². The minimum atomic E-state index is 0.0716. The van der Waals surface area contributed by atoms with Crippen molar-refractivity contribution >= 4 is 5.91 Å². The summed E-state index contributed by atoms with van der Waals surface area (Å²) < 4.78 is 0. The molecule has 4 heteroatoms. The molecule has 1 unspecified atom stereocenters. The maximum Gasteiger partial charge on any atom is 0.226 e. The fourth-order valence-electron chi connectivity index (χ4n) is 2.27. The van der Waals surface area contributed by atoms with Crippen LogP contribution in [-0.2, 0) is 11.2 Å². The van der Waals surface area contributed by atoms with Crippen molar-refractivity contribution in [1.82, 2.24) is 15.6 Å². The van der Waals surface area contributed by atoms with Gasteiger partial charge in [0.15, 0.2) is 0 Å². The van der Waals surface area contributed by atoms with E-state index in [1.165, 1.54) is 12.8 Å². The van der Waals surface area contributed by atoms with Crippen LogP contribution in [0.1, 0.15) is 24.1 Å². The van der Waals surface area contributed by atoms with Crippen LogP contribution in [-0.4, -0.2) is 30.5 Å². The van der Waals surface area contributed by atoms with Gasteiger partial charge in [-0.1, -0.05) is 6.07 Å². The van der Waals surface area contributed by atoms with Crippen LogP contribution in [0.3, 0.4) is 0 Å². The highest BCUT2D eigenvalue weighted by Crippen LogP contribution is 2.08. The number of hydrogen-bond donors (Lipinski definition) is 2. The third kappa shape index (κ3) is 3.81. The van der Waals surface area contributed by atoms with Gasteiger partial charge in [0.05, 0.1) is 12.1 Å². The van der Waals surface area contributed by atoms with Crippen molar-refractivity contribution in [3.63, 3.8) is 0 Å². The van der Waals surface area contributed by atoms with Gasteiger partial charge in [-0.3, -0.25) is 9.78 Å². The smallest absolute Gasteiger partial charge is 0.226 e. The topological polar surface area (TPSA) is 54.0 Å². The average molecular weight is 247 g/mol. The normalized spacial score (nSPS) is 19.5. The summed E-state index contributed by atoms with van der Waals surface area (Å²) in [5, 5.41) is 6.36. The Morgan fingerprint density at radius 1 is 1.61 bits per heavy atom. The Labute approximate surface area is 108 Å². The molecule has 18 heavy (non-hydrogen) atoms. The first-order valence-electron chi connectivity index (χ1n) is 6.63. The largest absolute Gasteiger partial charge is 0.355 e. The lowest BCUT2D eigenvalue weighted by Gasteiger charge is -2.22. The Hall–Kier alpha value is -1.42. The van der Waals surface area contributed by atoms with Crippen molar-refractivity contribution in [3.8, 4) is 0 Å². The van der Waals surface area contributed by atoms with Crippen molar-refractivity contribution in [3.05, 3.63) is 29.6 Å². The van der Waals surface area contributed by atoms with Crippen molar-refractivity contribution in [2.75, 3.05) is 19.6 Å². The molecule has 0 saturated carbocycles. The Morgan fingerprint density at radius 3 is 3.22 bits per heavy atom. The van der Waals surface area contributed by atoms with Gasteiger partial charge in [-0.05, 0) is 50.4 Å². The van der Waals surface area contributed by atoms with Gasteiger partial charge in [0.25, 0.3) is 0 Å². The zero-order valence-electron chi connectivity index (χ0n) is 10.9. The highest BCUT2D eigenvalue weighted by molar-refractivity contribution is 5.78. The third-order valence-electron chi connectivity index (χ3n) is 3.43. The predicted molar refractivity (Wildman–Crippen MR) is 71.3 cm³/mol. The Morgan fingerprint density at radius 2 is 2.50 bits per heavy atom. The molecule has 2 heterocycles. The van der Waals surface area contributed by atoms with E-state index in [1.807, 2.05) is 19.1 Å². The van der Waals surface area contributed by atoms with Gasteiger partial charge in [-0.15, -0.1) is 0 Å². The predicted octanol–water partition coefficient (Wildman–Crippen LogP) is 1.05. The van der Waals surface area contributed by atoms with Crippen molar-refractivity contribution < 1.29 is 4.79 Å². The van der Waals surface area contributed by atoms with E-state index in [2.05, 4.69) is 15.6 Å². The van der Waals surface area contributed by atoms with E-state index in [9.17, 15) is 4.79 Å². The first-order valence-corrected chi connectivity index (χ1v) is 6.63. The maximum absolute atomic E-state index is 11.8. The summed E-state index contributed by atoms with van der Waals surface area (Å²) in [5.41, 5.74) is 1.95. The highest BCUT2D eigenvalue weighted by Gasteiger charge is 2.14. The van der Waals surface area contributed by atoms with E-state index < -0.39 is 0 Å². The fourth-order valence-corrected chi connectivity index (χ4v) is 2.27. The number of nitrogens with zero attached hydrogens (tertiary/aromatic N) is 1. The minimum absolute atomic E-state index is 0.0716. The number of amides is 1. The van der Waals surface area contributed by atoms with Gasteiger partial charge >= 0.3 is 0 Å². The Kier molecular flexibility index (Phi) is 4.70. The van der Waals surface area contributed by atoms with Crippen LogP contribution < -0.4 is 10.6 Å². The van der Waals surface area contributed by atoms with Crippen LogP contribution >= 0.6 is 0 Å². The molecule has 2 N–H and O–H groups in total. The second kappa shape index (κ2) is 6.50. The number of nitrogens with one attached hydrogen (secondary N) is 2. The van der Waals surface area contributed by atoms with Gasteiger partial charge in [0, 0.05) is 12.7 Å². The summed E-state index contributed by atoms with van der Waals surface area (Å²) in [4.78, 5) is 16.1. The second-order valence-electron chi connectivity index (χ2n) is 4.96. The molecule has 1 atom stereocenters. The molecule has 1 fully saturated rings. The number of piperidine rings is 1. The summed E-state index contributed by atoms with van der Waals surface area (Å²) in [6.45, 7) is 4.89. The summed E-state index contributed by atoms with van der Waals surface area (Å²) in [6.07, 6.45) is 4.53. The fraction of sp³-hybridized carbons (Fsp3) is 0.571. The molecule has 0 aromatic carbocycles. The zero-order chi connectivity index (χ0) is 12.8. The molecular formula is C14H21N3O. The molecule has 0 bridgehead atoms. The molecule has 98 valence electrons. The summed E-state index contributed by atoms with van der Waals surface area (Å²) in [5.74, 6) is 0.648. The summed E-state index contributed by atoms with van der Waals surface area (Å²) >= 11 is 0. The van der Waals surface area contributed by atoms with Crippen molar-refractivity contribution in [2.45, 2.75) is 26.2 Å². The molecule has 1 aliphatic rings. The van der Waals surface area contributed by atoms with Crippen LogP contribution in [0.4, 0.5) is 0 Å². The Balaban J connectivity index is 1.76. The molecule has 1 aliphatic heterocycles. The lowest BCUT2D eigenvalue weighted by Crippen LogP contribution is -2.38. The number of carbonyl (C=O) groups is 1. The molecule has 1 amide bonds. The molecule has 1 saturated heterocycles. The van der Waals surface area contributed by atoms with Crippen LogP contribution in [0.15, 0.2) is 18.3 Å². The number of pyridine rings is 1. The average Bonchev–Trinajstić information content (AvgIpc) is 2.40. The highest BCUT2D eigenvalue weighted by atomic mass is 16.1. The van der Waals surface area contributed by atoms with Gasteiger partial charge in [-0.25, -0.2) is 0 Å². The number of hydrogen-bond acceptors (Lipinski definition) is 3. The summed E-state index contributed by atoms with van der Waals surface area (Å²) in [6, 6.07) is 3.88. The van der Waals surface area contributed by atoms with Crippen molar-refractivity contribution in [2.24, 2.45) is 5.92 Å². The van der Waals surface area contributed by atoms with E-state index in [1.54, 1.807) is 6.20 Å². The lowest BCUT2D eigenvalue weighted by atomic mass is 10.00. The molecular weight excluding hydrogens is 226 g/mol. The van der Waals surface area contributed by atoms with Gasteiger partial charge in [0.1, 0.15) is 0 Å². The van der Waals surface area contributed by atoms with Crippen LogP contribution in [0.2, 0.25) is 0 Å². The SMILES string of the molecule is Cc1cccnc1CC(=O)NCC1CCCNC1. The molecule has 4 nitrogen and oxygen atoms in total. The maximum atomic E-state index is 11.8. The van der Waals surface area contributed by atoms with E-state index in [0.717, 1.165) is 30.9 Å². The van der Waals surface area contributed by atoms with Crippen LogP contribution in [0, 0.1) is 12.8 Å². The molecule has 0 radical (unpaired) electrons. The van der Waals surface area contributed by atoms with Crippen LogP contribution in [0.5, 0.6) is 0 Å². The van der Waals surface area contributed by atoms with Crippen molar-refractivity contribution in [1.29, 1.82) is 0 Å². The zero-order valence-corrected chi connectivity index (χ0v) is 10.9. The lowest BCUT2D eigenvalue weighted by molar-refractivity contribution is -0.120. The first kappa shape index (κ1) is 13.0.